The number of hydrogen-bond acceptors (Lipinski definition) is 5. The number of nitrogens with two attached hydrogens (primary N) is 1. The SMILES string of the molecule is CS(=O)(=O)c1ccc(N2CCS(=O)CC2)c(N)c1. The highest BCUT2D eigenvalue weighted by Gasteiger charge is 2.18. The number of benzene rings is 1. The van der Waals surface area contributed by atoms with Gasteiger partial charge in [0, 0.05) is 41.7 Å². The summed E-state index contributed by atoms with van der Waals surface area (Å²) in [6.45, 7) is 1.38. The standard InChI is InChI=1S/C11H16N2O3S2/c1-18(15,16)9-2-3-11(10(12)8-9)13-4-6-17(14)7-5-13/h2-3,8H,4-7,12H2,1H3. The summed E-state index contributed by atoms with van der Waals surface area (Å²) in [5.41, 5.74) is 7.17. The largest absolute Gasteiger partial charge is 0.397 e. The van der Waals surface area contributed by atoms with E-state index in [1.807, 2.05) is 4.90 Å². The maximum absolute atomic E-state index is 11.4. The maximum atomic E-state index is 11.4. The molecule has 100 valence electrons. The first kappa shape index (κ1) is 13.4. The fourth-order valence-electron chi connectivity index (χ4n) is 1.93. The Balaban J connectivity index is 2.28. The number of anilines is 2. The molecule has 1 aliphatic rings. The summed E-state index contributed by atoms with van der Waals surface area (Å²) in [5.74, 6) is 1.26. The van der Waals surface area contributed by atoms with Crippen LogP contribution in [0.15, 0.2) is 23.1 Å². The molecule has 18 heavy (non-hydrogen) atoms. The fourth-order valence-corrected chi connectivity index (χ4v) is 3.64. The van der Waals surface area contributed by atoms with Gasteiger partial charge in [-0.2, -0.15) is 0 Å². The number of nitrogens with zero attached hydrogens (tertiary/aromatic N) is 1. The average molecular weight is 288 g/mol. The quantitative estimate of drug-likeness (QED) is 0.789. The molecule has 0 saturated carbocycles. The second-order valence-electron chi connectivity index (χ2n) is 4.33. The van der Waals surface area contributed by atoms with Crippen LogP contribution in [-0.2, 0) is 20.6 Å². The van der Waals surface area contributed by atoms with E-state index >= 15 is 0 Å². The number of nitrogen functional groups attached to an aromatic ring is 1. The summed E-state index contributed by atoms with van der Waals surface area (Å²) in [6.07, 6.45) is 1.16. The highest BCUT2D eigenvalue weighted by molar-refractivity contribution is 7.90. The summed E-state index contributed by atoms with van der Waals surface area (Å²) in [5, 5.41) is 0. The maximum Gasteiger partial charge on any atom is 0.175 e. The molecule has 2 N–H and O–H groups in total. The number of rotatable bonds is 2. The van der Waals surface area contributed by atoms with Crippen LogP contribution in [0.2, 0.25) is 0 Å². The zero-order valence-corrected chi connectivity index (χ0v) is 11.8. The van der Waals surface area contributed by atoms with Gasteiger partial charge in [-0.15, -0.1) is 0 Å². The van der Waals surface area contributed by atoms with Crippen molar-refractivity contribution in [1.82, 2.24) is 0 Å². The predicted octanol–water partition coefficient (Wildman–Crippen LogP) is 0.241. The molecule has 1 aliphatic heterocycles. The molecule has 1 saturated heterocycles. The van der Waals surface area contributed by atoms with E-state index in [1.165, 1.54) is 6.07 Å². The Morgan fingerprint density at radius 1 is 1.28 bits per heavy atom. The van der Waals surface area contributed by atoms with E-state index < -0.39 is 20.6 Å². The molecule has 7 heteroatoms. The Labute approximate surface area is 109 Å². The van der Waals surface area contributed by atoms with Crippen LogP contribution in [0.5, 0.6) is 0 Å². The molecule has 1 aromatic rings. The monoisotopic (exact) mass is 288 g/mol. The van der Waals surface area contributed by atoms with Crippen LogP contribution in [0.25, 0.3) is 0 Å². The van der Waals surface area contributed by atoms with Crippen LogP contribution in [0.4, 0.5) is 11.4 Å². The lowest BCUT2D eigenvalue weighted by atomic mass is 10.2. The molecule has 0 radical (unpaired) electrons. The molecule has 0 amide bonds. The van der Waals surface area contributed by atoms with Gasteiger partial charge in [-0.3, -0.25) is 4.21 Å². The zero-order valence-electron chi connectivity index (χ0n) is 10.1. The highest BCUT2D eigenvalue weighted by atomic mass is 32.2. The molecule has 1 fully saturated rings. The van der Waals surface area contributed by atoms with E-state index in [4.69, 9.17) is 5.73 Å². The van der Waals surface area contributed by atoms with Crippen LogP contribution in [-0.4, -0.2) is 43.5 Å². The van der Waals surface area contributed by atoms with Gasteiger partial charge in [0.1, 0.15) is 0 Å². The van der Waals surface area contributed by atoms with Gasteiger partial charge in [0.2, 0.25) is 0 Å². The Bertz CT molecular complexity index is 574. The van der Waals surface area contributed by atoms with Crippen LogP contribution >= 0.6 is 0 Å². The lowest BCUT2D eigenvalue weighted by Crippen LogP contribution is -2.38. The molecule has 0 unspecified atom stereocenters. The lowest BCUT2D eigenvalue weighted by Gasteiger charge is -2.29. The Morgan fingerprint density at radius 3 is 2.39 bits per heavy atom. The fraction of sp³-hybridized carbons (Fsp3) is 0.455. The van der Waals surface area contributed by atoms with Crippen molar-refractivity contribution in [1.29, 1.82) is 0 Å². The number of hydrogen-bond donors (Lipinski definition) is 1. The van der Waals surface area contributed by atoms with Gasteiger partial charge in [0.25, 0.3) is 0 Å². The van der Waals surface area contributed by atoms with E-state index in [9.17, 15) is 12.6 Å². The van der Waals surface area contributed by atoms with Crippen molar-refractivity contribution >= 4 is 32.0 Å². The minimum absolute atomic E-state index is 0.226. The topological polar surface area (TPSA) is 80.5 Å². The second kappa shape index (κ2) is 4.89. The van der Waals surface area contributed by atoms with Crippen LogP contribution < -0.4 is 10.6 Å². The molecule has 0 atom stereocenters. The van der Waals surface area contributed by atoms with Crippen molar-refractivity contribution in [3.8, 4) is 0 Å². The van der Waals surface area contributed by atoms with Crippen LogP contribution in [0, 0.1) is 0 Å². The first-order valence-electron chi connectivity index (χ1n) is 5.57. The minimum Gasteiger partial charge on any atom is -0.397 e. The third-order valence-corrected chi connectivity index (χ3v) is 5.33. The van der Waals surface area contributed by atoms with Crippen molar-refractivity contribution in [2.75, 3.05) is 41.5 Å². The van der Waals surface area contributed by atoms with Crippen molar-refractivity contribution in [3.05, 3.63) is 18.2 Å². The molecule has 0 bridgehead atoms. The third-order valence-electron chi connectivity index (χ3n) is 2.95. The van der Waals surface area contributed by atoms with Crippen molar-refractivity contribution in [2.45, 2.75) is 4.90 Å². The van der Waals surface area contributed by atoms with Crippen LogP contribution in [0.3, 0.4) is 0 Å². The van der Waals surface area contributed by atoms with Crippen molar-refractivity contribution in [3.63, 3.8) is 0 Å². The van der Waals surface area contributed by atoms with E-state index in [0.717, 1.165) is 11.9 Å². The first-order valence-corrected chi connectivity index (χ1v) is 8.95. The Hall–Kier alpha value is -1.08. The summed E-state index contributed by atoms with van der Waals surface area (Å²) in [4.78, 5) is 2.27. The molecule has 0 aromatic heterocycles. The third kappa shape index (κ3) is 2.84. The molecule has 5 nitrogen and oxygen atoms in total. The van der Waals surface area contributed by atoms with Gasteiger partial charge >= 0.3 is 0 Å². The molecular formula is C11H16N2O3S2. The lowest BCUT2D eigenvalue weighted by molar-refractivity contribution is 0.602. The number of sulfone groups is 1. The predicted molar refractivity (Wildman–Crippen MR) is 74.1 cm³/mol. The van der Waals surface area contributed by atoms with Gasteiger partial charge in [-0.05, 0) is 18.2 Å². The summed E-state index contributed by atoms with van der Waals surface area (Å²) in [7, 11) is -3.97. The van der Waals surface area contributed by atoms with Gasteiger partial charge in [-0.1, -0.05) is 0 Å². The van der Waals surface area contributed by atoms with Gasteiger partial charge in [0.15, 0.2) is 9.84 Å². The molecule has 1 aromatic carbocycles. The van der Waals surface area contributed by atoms with E-state index in [0.29, 0.717) is 30.3 Å². The Kier molecular flexibility index (Phi) is 3.63. The first-order chi connectivity index (χ1) is 8.38. The van der Waals surface area contributed by atoms with Gasteiger partial charge in [-0.25, -0.2) is 8.42 Å². The average Bonchev–Trinajstić information content (AvgIpc) is 2.29. The molecule has 0 aliphatic carbocycles. The minimum atomic E-state index is -3.23. The highest BCUT2D eigenvalue weighted by Crippen LogP contribution is 2.27. The van der Waals surface area contributed by atoms with Crippen LogP contribution in [0.1, 0.15) is 0 Å². The summed E-state index contributed by atoms with van der Waals surface area (Å²) < 4.78 is 34.1. The van der Waals surface area contributed by atoms with E-state index in [2.05, 4.69) is 0 Å². The van der Waals surface area contributed by atoms with Crippen molar-refractivity contribution < 1.29 is 12.6 Å². The molecular weight excluding hydrogens is 272 g/mol. The Morgan fingerprint density at radius 2 is 1.89 bits per heavy atom. The zero-order chi connectivity index (χ0) is 13.3. The van der Waals surface area contributed by atoms with Crippen molar-refractivity contribution in [2.24, 2.45) is 0 Å². The molecule has 0 spiro atoms. The molecule has 2 rings (SSSR count). The summed E-state index contributed by atoms with van der Waals surface area (Å²) in [6, 6.07) is 4.77. The van der Waals surface area contributed by atoms with Gasteiger partial charge < -0.3 is 10.6 Å². The van der Waals surface area contributed by atoms with Gasteiger partial charge in [0.05, 0.1) is 16.3 Å². The second-order valence-corrected chi connectivity index (χ2v) is 8.04. The summed E-state index contributed by atoms with van der Waals surface area (Å²) >= 11 is 0. The normalized spacial score (nSPS) is 17.9. The smallest absolute Gasteiger partial charge is 0.175 e. The molecule has 1 heterocycles. The van der Waals surface area contributed by atoms with E-state index in [1.54, 1.807) is 12.1 Å². The van der Waals surface area contributed by atoms with E-state index in [-0.39, 0.29) is 4.90 Å².